The number of ether oxygens (including phenoxy) is 15. The maximum atomic E-state index is 14.3. The van der Waals surface area contributed by atoms with Gasteiger partial charge < -0.3 is 256 Å². The number of carbonyl (C=O) groups is 9. The van der Waals surface area contributed by atoms with E-state index in [0.29, 0.717) is 0 Å². The van der Waals surface area contributed by atoms with E-state index in [0.717, 1.165) is 20.8 Å². The van der Waals surface area contributed by atoms with Crippen LogP contribution in [0.3, 0.4) is 0 Å². The molecule has 0 unspecified atom stereocenters. The lowest BCUT2D eigenvalue weighted by atomic mass is 9.87. The monoisotopic (exact) mass is 1900 g/mol. The molecule has 748 valence electrons. The molecule has 0 aromatic rings. The van der Waals surface area contributed by atoms with Crippen LogP contribution in [-0.4, -0.2) is 546 Å². The van der Waals surface area contributed by atoms with E-state index in [1.54, 1.807) is 0 Å². The van der Waals surface area contributed by atoms with E-state index in [2.05, 4.69) is 16.0 Å². The number of hydrogen-bond donors (Lipinski definition) is 36. The van der Waals surface area contributed by atoms with Gasteiger partial charge in [0, 0.05) is 46.5 Å². The molecule has 8 aliphatic rings. The topological polar surface area (TPSA) is 979 Å². The van der Waals surface area contributed by atoms with E-state index >= 15 is 0 Å². The highest BCUT2D eigenvalue weighted by Gasteiger charge is 2.67. The summed E-state index contributed by atoms with van der Waals surface area (Å²) in [5.41, 5.74) is 0. The zero-order valence-corrected chi connectivity index (χ0v) is 68.7. The van der Waals surface area contributed by atoms with Crippen LogP contribution in [0.1, 0.15) is 46.5 Å². The molecule has 0 saturated carbocycles. The molecule has 60 nitrogen and oxygen atoms in total. The fourth-order valence-electron chi connectivity index (χ4n) is 16.3. The van der Waals surface area contributed by atoms with Crippen LogP contribution >= 0.6 is 0 Å². The summed E-state index contributed by atoms with van der Waals surface area (Å²) in [4.78, 5) is 119. The lowest BCUT2D eigenvalue weighted by Gasteiger charge is -2.53. The van der Waals surface area contributed by atoms with Gasteiger partial charge in [0.1, 0.15) is 184 Å². The van der Waals surface area contributed by atoms with Crippen molar-refractivity contribution >= 4 is 53.4 Å². The van der Waals surface area contributed by atoms with Crippen molar-refractivity contribution < 1.29 is 273 Å². The number of carbonyl (C=O) groups excluding carboxylic acids is 5. The first-order valence-electron chi connectivity index (χ1n) is 40.0. The first-order valence-corrected chi connectivity index (χ1v) is 40.0. The highest BCUT2D eigenvalue weighted by Crippen LogP contribution is 2.46. The first-order chi connectivity index (χ1) is 61.0. The third-order valence-electron chi connectivity index (χ3n) is 22.8. The molecule has 5 amide bonds. The van der Waals surface area contributed by atoms with Crippen molar-refractivity contribution in [2.75, 3.05) is 66.1 Å². The zero-order valence-electron chi connectivity index (χ0n) is 68.7. The van der Waals surface area contributed by atoms with Crippen molar-refractivity contribution in [3.63, 3.8) is 0 Å². The van der Waals surface area contributed by atoms with Crippen LogP contribution in [0.2, 0.25) is 0 Å². The largest absolute Gasteiger partial charge is 0.477 e. The predicted octanol–water partition coefficient (Wildman–Crippen LogP) is -23.0. The summed E-state index contributed by atoms with van der Waals surface area (Å²) in [6.07, 6.45) is -94.1. The molecular formula is C70H113N5O55. The smallest absolute Gasteiger partial charge is 0.364 e. The summed E-state index contributed by atoms with van der Waals surface area (Å²) in [5, 5.41) is 355. The van der Waals surface area contributed by atoms with E-state index in [4.69, 9.17) is 71.1 Å². The molecule has 0 radical (unpaired) electrons. The summed E-state index contributed by atoms with van der Waals surface area (Å²) in [5.74, 6) is -30.3. The van der Waals surface area contributed by atoms with Gasteiger partial charge in [-0.05, 0) is 0 Å². The molecule has 0 bridgehead atoms. The molecule has 60 heteroatoms. The average molecular weight is 1900 g/mol. The summed E-state index contributed by atoms with van der Waals surface area (Å²) in [6.45, 7) is -12.0. The molecule has 0 spiro atoms. The number of aliphatic hydroxyl groups excluding tert-OH is 27. The minimum Gasteiger partial charge on any atom is -0.477 e. The third-order valence-corrected chi connectivity index (χ3v) is 22.8. The fourth-order valence-corrected chi connectivity index (χ4v) is 16.3. The van der Waals surface area contributed by atoms with E-state index in [-0.39, 0.29) is 0 Å². The van der Waals surface area contributed by atoms with Crippen LogP contribution in [0.25, 0.3) is 0 Å². The maximum absolute atomic E-state index is 14.3. The lowest BCUT2D eigenvalue weighted by molar-refractivity contribution is -0.405. The zero-order chi connectivity index (χ0) is 97.3. The summed E-state index contributed by atoms with van der Waals surface area (Å²) in [7, 11) is 0. The Morgan fingerprint density at radius 2 is 0.638 bits per heavy atom. The molecule has 0 aromatic carbocycles. The van der Waals surface area contributed by atoms with Crippen molar-refractivity contribution in [2.24, 2.45) is 0 Å². The molecule has 44 atom stereocenters. The van der Waals surface area contributed by atoms with Gasteiger partial charge in [-0.25, -0.2) is 19.2 Å². The fraction of sp³-hybridized carbons (Fsp3) is 0.871. The molecule has 8 heterocycles. The Labute approximate surface area is 730 Å². The average Bonchev–Trinajstić information content (AvgIpc) is 0.745. The Bertz CT molecular complexity index is 3760. The Hall–Kier alpha value is -6.45. The summed E-state index contributed by atoms with van der Waals surface area (Å²) >= 11 is 0. The number of aliphatic hydroxyl groups is 27. The number of carboxylic acids is 4. The van der Waals surface area contributed by atoms with Crippen molar-refractivity contribution in [1.29, 1.82) is 0 Å². The highest BCUT2D eigenvalue weighted by molar-refractivity contribution is 5.80. The number of amides is 5. The summed E-state index contributed by atoms with van der Waals surface area (Å²) in [6, 6.07) is -10.8. The van der Waals surface area contributed by atoms with Gasteiger partial charge in [0.2, 0.25) is 29.5 Å². The third kappa shape index (κ3) is 23.6. The van der Waals surface area contributed by atoms with Crippen molar-refractivity contribution in [2.45, 2.75) is 314 Å². The Balaban J connectivity index is 1.19. The van der Waals surface area contributed by atoms with Gasteiger partial charge in [0.15, 0.2) is 25.2 Å². The van der Waals surface area contributed by atoms with Crippen molar-refractivity contribution in [3.8, 4) is 0 Å². The second-order valence-corrected chi connectivity index (χ2v) is 31.8. The number of hydrogen-bond acceptors (Lipinski definition) is 51. The minimum absolute atomic E-state index is 0.742. The highest BCUT2D eigenvalue weighted by atomic mass is 16.8. The van der Waals surface area contributed by atoms with Gasteiger partial charge in [-0.2, -0.15) is 0 Å². The number of nitrogens with one attached hydrogen (secondary N) is 5. The van der Waals surface area contributed by atoms with E-state index < -0.39 is 413 Å². The normalized spacial score (nSPS) is 42.0. The van der Waals surface area contributed by atoms with Crippen molar-refractivity contribution in [3.05, 3.63) is 0 Å². The van der Waals surface area contributed by atoms with E-state index in [9.17, 15) is 201 Å². The van der Waals surface area contributed by atoms with Gasteiger partial charge in [0.25, 0.3) is 23.1 Å². The van der Waals surface area contributed by atoms with Gasteiger partial charge in [0.05, 0.1) is 101 Å². The van der Waals surface area contributed by atoms with Crippen LogP contribution in [0.5, 0.6) is 0 Å². The standard InChI is InChI=1S/C70H113N5O55/c1-18(86)71-35-21(89)4-67(63(108)109,125-53(35)40(97)25(93)8-76)124-30(13-81)45(102)56-38(75-34(96)17-85)24(92)7-69(128-56,65(112)113)129-57-43(100)28(11-79)118-61(48(57)105)122-52-39(73-20(3)88)60(117-27(10-78)42(52)99)121-51-32(15-83)119-62(120-50-31(14-82)116-59(107)47(104)46(50)103)49(106)58(51)130-70(66(114)115)6-22(90)36(72-19(2)87)55(127-70)44(101)29(12-80)123-68(64(110)111)5-23(91)37(74-33(95)16-84)54(126-68)41(98)26(94)9-77/h21-32,35-62,76-85,89-94,97-107H,4-17H2,1-3H3,(H,71,86)(H,72,87)(H,73,88)(H,74,95)(H,75,96)(H,108,109)(H,110,111)(H,112,113)(H,114,115)/t21-,22-,23-,24-,25+,26+,27+,28+,29+,30+,31+,32+,35+,36+,37+,38+,39+,40+,41+,42-,43-,44+,45+,46+,47+,48+,49+,50+,51-,52+,53+,54+,55+,56+,57-,58+,59+,60-,61-,62-,67+,68+,69-,70-/m0/s1. The SMILES string of the molecule is CC(=O)N[C@H]1[C@H](O[C@@H]2[C@H](O[C@]3(C(=O)O)C[C@H](O)[C@@H](NC(C)=O)[C@H]([C@H](O)[C@@H](CO)O[C@]4(C(=O)O)C[C@H](O)[C@@H](NC(=O)CO)[C@H]([C@H](O)[C@H](O)CO)O4)O3)[C@@H](O)[C@H](O[C@H]3[C@H](O)[C@@H](O)[C@H](O)O[C@@H]3CO)O[C@@H]2CO)O[C@H](CO)[C@H](O)[C@@H]1O[C@@H]1O[C@H](CO)[C@H](O)[C@H](O[C@]2(C(=O)O)C[C@H](O)[C@@H](NC(=O)CO)[C@H]([C@H](O)[C@@H](CO)O[C@]3(C(=O)O)C[C@H](O)[C@@H](NC(C)=O)[C@H]([C@H](O)[C@H](O)CO)O3)O2)[C@H]1O. The van der Waals surface area contributed by atoms with Crippen molar-refractivity contribution in [1.82, 2.24) is 26.6 Å². The van der Waals surface area contributed by atoms with Gasteiger partial charge >= 0.3 is 23.9 Å². The maximum Gasteiger partial charge on any atom is 0.364 e. The second-order valence-electron chi connectivity index (χ2n) is 31.8. The number of aliphatic carboxylic acids is 4. The van der Waals surface area contributed by atoms with Crippen LogP contribution in [0, 0.1) is 0 Å². The molecule has 0 aliphatic carbocycles. The molecule has 130 heavy (non-hydrogen) atoms. The summed E-state index contributed by atoms with van der Waals surface area (Å²) < 4.78 is 87.3. The van der Waals surface area contributed by atoms with Crippen LogP contribution in [-0.2, 0) is 114 Å². The molecule has 36 N–H and O–H groups in total. The van der Waals surface area contributed by atoms with E-state index in [1.807, 2.05) is 10.6 Å². The van der Waals surface area contributed by atoms with Crippen LogP contribution < -0.4 is 26.6 Å². The Morgan fingerprint density at radius 1 is 0.331 bits per heavy atom. The molecule has 8 rings (SSSR count). The second kappa shape index (κ2) is 45.9. The number of rotatable bonds is 41. The first kappa shape index (κ1) is 109. The molecular weight excluding hydrogens is 1790 g/mol. The van der Waals surface area contributed by atoms with E-state index in [1.165, 1.54) is 0 Å². The quantitative estimate of drug-likeness (QED) is 0.0270. The lowest BCUT2D eigenvalue weighted by Crippen LogP contribution is -2.73. The minimum atomic E-state index is -3.85. The van der Waals surface area contributed by atoms with Crippen LogP contribution in [0.15, 0.2) is 0 Å². The Kier molecular flexibility index (Phi) is 38.5. The van der Waals surface area contributed by atoms with Gasteiger partial charge in [-0.1, -0.05) is 0 Å². The molecule has 8 fully saturated rings. The predicted molar refractivity (Wildman–Crippen MR) is 394 cm³/mol. The van der Waals surface area contributed by atoms with Crippen LogP contribution in [0.4, 0.5) is 0 Å². The molecule has 8 aliphatic heterocycles. The Morgan fingerprint density at radius 3 is 1.00 bits per heavy atom. The number of carboxylic acid groups (broad SMARTS) is 4. The van der Waals surface area contributed by atoms with Gasteiger partial charge in [-0.15, -0.1) is 0 Å². The van der Waals surface area contributed by atoms with Gasteiger partial charge in [-0.3, -0.25) is 24.0 Å². The molecule has 0 aromatic heterocycles. The molecule has 8 saturated heterocycles.